The fourth-order valence-corrected chi connectivity index (χ4v) is 4.31. The maximum Gasteiger partial charge on any atom is 0.231 e. The molecule has 7 nitrogen and oxygen atoms in total. The van der Waals surface area contributed by atoms with Crippen molar-refractivity contribution in [1.29, 1.82) is 0 Å². The minimum Gasteiger partial charge on any atom is -0.492 e. The van der Waals surface area contributed by atoms with E-state index in [1.165, 1.54) is 38.6 Å². The van der Waals surface area contributed by atoms with Crippen molar-refractivity contribution in [2.45, 2.75) is 51.1 Å². The van der Waals surface area contributed by atoms with Crippen molar-refractivity contribution in [3.05, 3.63) is 18.2 Å². The van der Waals surface area contributed by atoms with E-state index in [0.717, 1.165) is 42.3 Å². The van der Waals surface area contributed by atoms with Crippen LogP contribution in [0.3, 0.4) is 0 Å². The van der Waals surface area contributed by atoms with Crippen LogP contribution in [0.2, 0.25) is 0 Å². The first-order valence-electron chi connectivity index (χ1n) is 10.6. The van der Waals surface area contributed by atoms with Crippen molar-refractivity contribution in [2.24, 2.45) is 4.99 Å². The Morgan fingerprint density at radius 1 is 1.21 bits per heavy atom. The minimum atomic E-state index is 0.278. The molecule has 0 spiro atoms. The number of aliphatic imine (C=N–C) groups is 1. The minimum absolute atomic E-state index is 0.278. The number of likely N-dealkylation sites (tertiary alicyclic amines) is 1. The topological polar surface area (TPSA) is 67.4 Å². The van der Waals surface area contributed by atoms with Crippen molar-refractivity contribution in [1.82, 2.24) is 15.5 Å². The summed E-state index contributed by atoms with van der Waals surface area (Å²) < 4.78 is 16.5. The molecule has 2 N–H and O–H groups in total. The molecular weight excluding hydrogens is 356 g/mol. The third kappa shape index (κ3) is 4.82. The van der Waals surface area contributed by atoms with E-state index in [1.807, 2.05) is 18.2 Å². The fraction of sp³-hybridized carbons (Fsp3) is 0.667. The molecule has 2 fully saturated rings. The quantitative estimate of drug-likeness (QED) is 0.425. The van der Waals surface area contributed by atoms with Gasteiger partial charge in [0.2, 0.25) is 6.79 Å². The van der Waals surface area contributed by atoms with Gasteiger partial charge in [0.05, 0.1) is 6.54 Å². The van der Waals surface area contributed by atoms with E-state index >= 15 is 0 Å². The molecule has 3 aliphatic rings. The molecule has 1 aliphatic carbocycles. The number of nitrogens with one attached hydrogen (secondary N) is 2. The van der Waals surface area contributed by atoms with Crippen LogP contribution in [0.15, 0.2) is 23.2 Å². The van der Waals surface area contributed by atoms with Gasteiger partial charge in [0.1, 0.15) is 12.4 Å². The van der Waals surface area contributed by atoms with Crippen LogP contribution in [-0.2, 0) is 0 Å². The zero-order chi connectivity index (χ0) is 19.2. The second-order valence-electron chi connectivity index (χ2n) is 7.69. The first-order chi connectivity index (χ1) is 13.8. The van der Waals surface area contributed by atoms with Gasteiger partial charge in [-0.1, -0.05) is 12.8 Å². The van der Waals surface area contributed by atoms with Crippen LogP contribution in [0.1, 0.15) is 39.0 Å². The summed E-state index contributed by atoms with van der Waals surface area (Å²) in [7, 11) is 0. The summed E-state index contributed by atoms with van der Waals surface area (Å²) in [6, 6.07) is 6.93. The second kappa shape index (κ2) is 9.37. The third-order valence-corrected chi connectivity index (χ3v) is 5.72. The van der Waals surface area contributed by atoms with Crippen molar-refractivity contribution < 1.29 is 14.2 Å². The van der Waals surface area contributed by atoms with Gasteiger partial charge < -0.3 is 24.8 Å². The van der Waals surface area contributed by atoms with Gasteiger partial charge in [-0.15, -0.1) is 0 Å². The Labute approximate surface area is 167 Å². The molecule has 7 heteroatoms. The average molecular weight is 389 g/mol. The molecule has 0 aromatic heterocycles. The molecule has 2 heterocycles. The van der Waals surface area contributed by atoms with Crippen LogP contribution in [0.5, 0.6) is 17.2 Å². The predicted octanol–water partition coefficient (Wildman–Crippen LogP) is 2.37. The fourth-order valence-electron chi connectivity index (χ4n) is 4.31. The number of hydrogen-bond donors (Lipinski definition) is 2. The number of ether oxygens (including phenoxy) is 3. The van der Waals surface area contributed by atoms with Crippen LogP contribution in [0, 0.1) is 0 Å². The highest BCUT2D eigenvalue weighted by Crippen LogP contribution is 2.35. The molecule has 0 amide bonds. The third-order valence-electron chi connectivity index (χ3n) is 5.72. The van der Waals surface area contributed by atoms with Crippen molar-refractivity contribution in [2.75, 3.05) is 39.6 Å². The first-order valence-corrected chi connectivity index (χ1v) is 10.6. The first kappa shape index (κ1) is 19.2. The van der Waals surface area contributed by atoms with E-state index < -0.39 is 0 Å². The van der Waals surface area contributed by atoms with Gasteiger partial charge in [-0.3, -0.25) is 4.90 Å². The standard InChI is InChI=1S/C21H32N4O3/c1-2-22-21(24-16-9-11-25(14-16)17-5-3-4-6-17)23-10-12-26-18-7-8-19-20(13-18)28-15-27-19/h7-8,13,16-17H,2-6,9-12,14-15H2,1H3,(H2,22,23,24). The predicted molar refractivity (Wildman–Crippen MR) is 109 cm³/mol. The largest absolute Gasteiger partial charge is 0.492 e. The summed E-state index contributed by atoms with van der Waals surface area (Å²) >= 11 is 0. The number of rotatable bonds is 7. The number of nitrogens with zero attached hydrogens (tertiary/aromatic N) is 2. The number of benzene rings is 1. The lowest BCUT2D eigenvalue weighted by molar-refractivity contribution is 0.173. The van der Waals surface area contributed by atoms with Gasteiger partial charge in [0.15, 0.2) is 17.5 Å². The Morgan fingerprint density at radius 3 is 2.93 bits per heavy atom. The van der Waals surface area contributed by atoms with Crippen LogP contribution in [0.25, 0.3) is 0 Å². The van der Waals surface area contributed by atoms with Gasteiger partial charge in [-0.25, -0.2) is 4.99 Å². The average Bonchev–Trinajstić information content (AvgIpc) is 3.46. The lowest BCUT2D eigenvalue weighted by atomic mass is 10.2. The molecule has 1 atom stereocenters. The van der Waals surface area contributed by atoms with Crippen LogP contribution in [0.4, 0.5) is 0 Å². The lowest BCUT2D eigenvalue weighted by Crippen LogP contribution is -2.45. The Bertz CT molecular complexity index is 676. The van der Waals surface area contributed by atoms with Crippen LogP contribution < -0.4 is 24.8 Å². The van der Waals surface area contributed by atoms with Gasteiger partial charge in [0.25, 0.3) is 0 Å². The van der Waals surface area contributed by atoms with E-state index in [4.69, 9.17) is 14.2 Å². The molecule has 0 radical (unpaired) electrons. The Balaban J connectivity index is 1.23. The normalized spacial score (nSPS) is 22.6. The Morgan fingerprint density at radius 2 is 2.07 bits per heavy atom. The summed E-state index contributed by atoms with van der Waals surface area (Å²) in [6.07, 6.45) is 6.73. The second-order valence-corrected chi connectivity index (χ2v) is 7.69. The lowest BCUT2D eigenvalue weighted by Gasteiger charge is -2.24. The molecule has 1 unspecified atom stereocenters. The molecule has 1 aromatic rings. The highest BCUT2D eigenvalue weighted by Gasteiger charge is 2.30. The molecular formula is C21H32N4O3. The molecule has 154 valence electrons. The maximum absolute atomic E-state index is 5.81. The van der Waals surface area contributed by atoms with E-state index in [2.05, 4.69) is 27.4 Å². The van der Waals surface area contributed by atoms with E-state index in [9.17, 15) is 0 Å². The summed E-state index contributed by atoms with van der Waals surface area (Å²) in [5.74, 6) is 3.17. The van der Waals surface area contributed by atoms with Gasteiger partial charge in [-0.2, -0.15) is 0 Å². The summed E-state index contributed by atoms with van der Waals surface area (Å²) in [5.41, 5.74) is 0. The molecule has 1 aromatic carbocycles. The zero-order valence-electron chi connectivity index (χ0n) is 16.8. The molecule has 28 heavy (non-hydrogen) atoms. The monoisotopic (exact) mass is 388 g/mol. The SMILES string of the molecule is CCNC(=NCCOc1ccc2c(c1)OCO2)NC1CCN(C2CCCC2)C1. The highest BCUT2D eigenvalue weighted by molar-refractivity contribution is 5.80. The van der Waals surface area contributed by atoms with Crippen molar-refractivity contribution in [3.8, 4) is 17.2 Å². The van der Waals surface area contributed by atoms with Gasteiger partial charge >= 0.3 is 0 Å². The van der Waals surface area contributed by atoms with Gasteiger partial charge in [0, 0.05) is 37.8 Å². The van der Waals surface area contributed by atoms with Crippen molar-refractivity contribution >= 4 is 5.96 Å². The zero-order valence-corrected chi connectivity index (χ0v) is 16.8. The number of fused-ring (bicyclic) bond motifs is 1. The number of guanidine groups is 1. The maximum atomic E-state index is 5.81. The smallest absolute Gasteiger partial charge is 0.231 e. The Kier molecular flexibility index (Phi) is 6.41. The van der Waals surface area contributed by atoms with E-state index in [1.54, 1.807) is 0 Å². The number of hydrogen-bond acceptors (Lipinski definition) is 5. The molecule has 1 saturated carbocycles. The van der Waals surface area contributed by atoms with Crippen LogP contribution in [-0.4, -0.2) is 62.5 Å². The highest BCUT2D eigenvalue weighted by atomic mass is 16.7. The molecule has 4 rings (SSSR count). The molecule has 1 saturated heterocycles. The van der Waals surface area contributed by atoms with Crippen LogP contribution >= 0.6 is 0 Å². The summed E-state index contributed by atoms with van der Waals surface area (Å²) in [4.78, 5) is 7.35. The molecule has 0 bridgehead atoms. The van der Waals surface area contributed by atoms with Gasteiger partial charge in [-0.05, 0) is 38.3 Å². The Hall–Kier alpha value is -2.15. The van der Waals surface area contributed by atoms with E-state index in [-0.39, 0.29) is 6.79 Å². The van der Waals surface area contributed by atoms with E-state index in [0.29, 0.717) is 19.2 Å². The molecule has 2 aliphatic heterocycles. The summed E-state index contributed by atoms with van der Waals surface area (Å²) in [5, 5.41) is 6.96. The summed E-state index contributed by atoms with van der Waals surface area (Å²) in [6.45, 7) is 6.68. The van der Waals surface area contributed by atoms with Crippen molar-refractivity contribution in [3.63, 3.8) is 0 Å².